The third-order valence-corrected chi connectivity index (χ3v) is 5.69. The van der Waals surface area contributed by atoms with Crippen LogP contribution in [0.5, 0.6) is 0 Å². The van der Waals surface area contributed by atoms with E-state index in [-0.39, 0.29) is 11.8 Å². The smallest absolute Gasteiger partial charge is 0.357 e. The van der Waals surface area contributed by atoms with Crippen molar-refractivity contribution in [3.05, 3.63) is 52.0 Å². The maximum absolute atomic E-state index is 13.0. The molecular weight excluding hydrogens is 336 g/mol. The summed E-state index contributed by atoms with van der Waals surface area (Å²) in [6, 6.07) is 10.6. The van der Waals surface area contributed by atoms with Gasteiger partial charge in [0.2, 0.25) is 5.91 Å². The maximum Gasteiger partial charge on any atom is 0.357 e. The molecular formula is C19H20N2O3S. The average molecular weight is 356 g/mol. The third-order valence-electron chi connectivity index (χ3n) is 4.86. The lowest BCUT2D eigenvalue weighted by Gasteiger charge is -2.21. The molecule has 1 aromatic carbocycles. The number of carbonyl (C=O) groups excluding carboxylic acids is 2. The van der Waals surface area contributed by atoms with Crippen molar-refractivity contribution < 1.29 is 14.3 Å². The first-order valence-corrected chi connectivity index (χ1v) is 9.43. The Hall–Kier alpha value is -2.21. The highest BCUT2D eigenvalue weighted by atomic mass is 32.1. The quantitative estimate of drug-likeness (QED) is 0.746. The van der Waals surface area contributed by atoms with Crippen molar-refractivity contribution in [3.63, 3.8) is 0 Å². The van der Waals surface area contributed by atoms with Crippen molar-refractivity contribution in [2.45, 2.75) is 37.8 Å². The molecule has 0 aliphatic heterocycles. The topological polar surface area (TPSA) is 59.5 Å². The number of rotatable bonds is 6. The fraction of sp³-hybridized carbons (Fsp3) is 0.421. The summed E-state index contributed by atoms with van der Waals surface area (Å²) in [5.41, 5.74) is 1.57. The fourth-order valence-corrected chi connectivity index (χ4v) is 4.01. The second-order valence-corrected chi connectivity index (χ2v) is 7.62. The molecule has 2 saturated carbocycles. The molecule has 1 amide bonds. The minimum Gasteiger partial charge on any atom is -0.464 e. The molecule has 5 nitrogen and oxygen atoms in total. The Kier molecular flexibility index (Phi) is 4.29. The summed E-state index contributed by atoms with van der Waals surface area (Å²) in [5.74, 6) is 0.226. The van der Waals surface area contributed by atoms with E-state index in [2.05, 4.69) is 17.1 Å². The molecule has 25 heavy (non-hydrogen) atoms. The molecule has 1 heterocycles. The zero-order valence-corrected chi connectivity index (χ0v) is 14.9. The standard InChI is InChI=1S/C19H20N2O3S/c1-24-19(23)16-11-25-17(20-16)10-21(13-7-8-13)18(22)15-9-14(15)12-5-3-2-4-6-12/h2-6,11,13-15H,7-10H2,1H3. The lowest BCUT2D eigenvalue weighted by atomic mass is 10.1. The number of methoxy groups -OCH3 is 1. The number of amides is 1. The molecule has 2 aromatic rings. The van der Waals surface area contributed by atoms with E-state index in [4.69, 9.17) is 4.74 Å². The summed E-state index contributed by atoms with van der Waals surface area (Å²) < 4.78 is 4.70. The third kappa shape index (κ3) is 3.44. The number of esters is 1. The van der Waals surface area contributed by atoms with Gasteiger partial charge in [-0.3, -0.25) is 4.79 Å². The number of nitrogens with zero attached hydrogens (tertiary/aromatic N) is 2. The van der Waals surface area contributed by atoms with Crippen LogP contribution in [0, 0.1) is 5.92 Å². The van der Waals surface area contributed by atoms with Crippen molar-refractivity contribution in [2.75, 3.05) is 7.11 Å². The Morgan fingerprint density at radius 1 is 1.28 bits per heavy atom. The predicted octanol–water partition coefficient (Wildman–Crippen LogP) is 3.22. The van der Waals surface area contributed by atoms with E-state index >= 15 is 0 Å². The number of thiazole rings is 1. The van der Waals surface area contributed by atoms with Gasteiger partial charge in [-0.1, -0.05) is 30.3 Å². The summed E-state index contributed by atoms with van der Waals surface area (Å²) in [6.07, 6.45) is 3.05. The van der Waals surface area contributed by atoms with E-state index in [0.717, 1.165) is 24.3 Å². The van der Waals surface area contributed by atoms with Crippen LogP contribution in [0.1, 0.15) is 46.2 Å². The highest BCUT2D eigenvalue weighted by Crippen LogP contribution is 2.49. The van der Waals surface area contributed by atoms with Gasteiger partial charge in [0.15, 0.2) is 5.69 Å². The van der Waals surface area contributed by atoms with Crippen LogP contribution in [0.4, 0.5) is 0 Å². The molecule has 4 rings (SSSR count). The Morgan fingerprint density at radius 3 is 2.72 bits per heavy atom. The van der Waals surface area contributed by atoms with Crippen LogP contribution in [0.15, 0.2) is 35.7 Å². The molecule has 0 bridgehead atoms. The van der Waals surface area contributed by atoms with Crippen LogP contribution < -0.4 is 0 Å². The normalized spacial score (nSPS) is 21.6. The monoisotopic (exact) mass is 356 g/mol. The number of benzene rings is 1. The molecule has 0 saturated heterocycles. The van der Waals surface area contributed by atoms with Crippen molar-refractivity contribution in [2.24, 2.45) is 5.92 Å². The van der Waals surface area contributed by atoms with Crippen LogP contribution >= 0.6 is 11.3 Å². The molecule has 2 aliphatic carbocycles. The van der Waals surface area contributed by atoms with Crippen LogP contribution in [-0.2, 0) is 16.1 Å². The van der Waals surface area contributed by atoms with Gasteiger partial charge in [-0.2, -0.15) is 0 Å². The Morgan fingerprint density at radius 2 is 2.04 bits per heavy atom. The minimum atomic E-state index is -0.432. The van der Waals surface area contributed by atoms with E-state index in [0.29, 0.717) is 24.2 Å². The van der Waals surface area contributed by atoms with Gasteiger partial charge in [0.05, 0.1) is 13.7 Å². The Bertz CT molecular complexity index is 785. The molecule has 2 atom stereocenters. The van der Waals surface area contributed by atoms with Gasteiger partial charge in [0, 0.05) is 17.3 Å². The van der Waals surface area contributed by atoms with E-state index in [1.165, 1.54) is 24.0 Å². The highest BCUT2D eigenvalue weighted by molar-refractivity contribution is 7.09. The van der Waals surface area contributed by atoms with Crippen molar-refractivity contribution >= 4 is 23.2 Å². The number of hydrogen-bond donors (Lipinski definition) is 0. The minimum absolute atomic E-state index is 0.0861. The summed E-state index contributed by atoms with van der Waals surface area (Å²) >= 11 is 1.41. The van der Waals surface area contributed by atoms with E-state index in [9.17, 15) is 9.59 Å². The summed E-state index contributed by atoms with van der Waals surface area (Å²) in [7, 11) is 1.35. The Labute approximate surface area is 150 Å². The summed E-state index contributed by atoms with van der Waals surface area (Å²) in [5, 5.41) is 2.48. The van der Waals surface area contributed by atoms with E-state index in [1.807, 2.05) is 23.1 Å². The number of hydrogen-bond acceptors (Lipinski definition) is 5. The largest absolute Gasteiger partial charge is 0.464 e. The molecule has 130 valence electrons. The van der Waals surface area contributed by atoms with Gasteiger partial charge < -0.3 is 9.64 Å². The van der Waals surface area contributed by atoms with Gasteiger partial charge >= 0.3 is 5.97 Å². The number of ether oxygens (including phenoxy) is 1. The van der Waals surface area contributed by atoms with E-state index < -0.39 is 5.97 Å². The van der Waals surface area contributed by atoms with Gasteiger partial charge in [-0.05, 0) is 30.7 Å². The molecule has 1 aromatic heterocycles. The molecule has 6 heteroatoms. The zero-order valence-electron chi connectivity index (χ0n) is 14.1. The van der Waals surface area contributed by atoms with Crippen molar-refractivity contribution in [3.8, 4) is 0 Å². The fourth-order valence-electron chi connectivity index (χ4n) is 3.25. The van der Waals surface area contributed by atoms with Gasteiger partial charge in [0.1, 0.15) is 5.01 Å². The highest BCUT2D eigenvalue weighted by Gasteiger charge is 2.48. The predicted molar refractivity (Wildman–Crippen MR) is 94.3 cm³/mol. The first kappa shape index (κ1) is 16.3. The van der Waals surface area contributed by atoms with Gasteiger partial charge in [-0.25, -0.2) is 9.78 Å². The SMILES string of the molecule is COC(=O)c1csc(CN(C(=O)C2CC2c2ccccc2)C2CC2)n1. The summed E-state index contributed by atoms with van der Waals surface area (Å²) in [4.78, 5) is 30.8. The average Bonchev–Trinajstić information content (AvgIpc) is 3.57. The van der Waals surface area contributed by atoms with Crippen LogP contribution in [0.25, 0.3) is 0 Å². The Balaban J connectivity index is 1.44. The lowest BCUT2D eigenvalue weighted by Crippen LogP contribution is -2.34. The zero-order chi connectivity index (χ0) is 17.4. The van der Waals surface area contributed by atoms with E-state index in [1.54, 1.807) is 5.38 Å². The van der Waals surface area contributed by atoms with Crippen molar-refractivity contribution in [1.29, 1.82) is 0 Å². The second kappa shape index (κ2) is 6.59. The molecule has 0 radical (unpaired) electrons. The molecule has 0 N–H and O–H groups in total. The molecule has 2 unspecified atom stereocenters. The van der Waals surface area contributed by atoms with Gasteiger partial charge in [0.25, 0.3) is 0 Å². The summed E-state index contributed by atoms with van der Waals surface area (Å²) in [6.45, 7) is 0.489. The first-order chi connectivity index (χ1) is 12.2. The van der Waals surface area contributed by atoms with Crippen LogP contribution in [0.2, 0.25) is 0 Å². The first-order valence-electron chi connectivity index (χ1n) is 8.55. The number of carbonyl (C=O) groups is 2. The lowest BCUT2D eigenvalue weighted by molar-refractivity contribution is -0.133. The molecule has 0 spiro atoms. The number of aromatic nitrogens is 1. The van der Waals surface area contributed by atoms with Crippen LogP contribution in [-0.4, -0.2) is 34.9 Å². The molecule has 2 fully saturated rings. The maximum atomic E-state index is 13.0. The molecule has 2 aliphatic rings. The van der Waals surface area contributed by atoms with Gasteiger partial charge in [-0.15, -0.1) is 11.3 Å². The van der Waals surface area contributed by atoms with Crippen LogP contribution in [0.3, 0.4) is 0 Å². The van der Waals surface area contributed by atoms with Crippen molar-refractivity contribution in [1.82, 2.24) is 9.88 Å². The second-order valence-electron chi connectivity index (χ2n) is 6.67.